The van der Waals surface area contributed by atoms with Crippen LogP contribution >= 0.6 is 11.3 Å². The highest BCUT2D eigenvalue weighted by Gasteiger charge is 2.23. The van der Waals surface area contributed by atoms with Crippen molar-refractivity contribution in [2.75, 3.05) is 38.0 Å². The number of carbonyl (C=O) groups excluding carboxylic acids is 3. The van der Waals surface area contributed by atoms with E-state index in [1.165, 1.54) is 11.3 Å². The van der Waals surface area contributed by atoms with Gasteiger partial charge in [0, 0.05) is 45.1 Å². The molecule has 2 amide bonds. The van der Waals surface area contributed by atoms with Crippen LogP contribution in [-0.4, -0.2) is 65.3 Å². The molecule has 8 nitrogen and oxygen atoms in total. The van der Waals surface area contributed by atoms with E-state index in [1.807, 2.05) is 16.3 Å². The molecule has 3 rings (SSSR count). The van der Waals surface area contributed by atoms with Crippen LogP contribution in [0.4, 0.5) is 5.82 Å². The monoisotopic (exact) mass is 390 g/mol. The van der Waals surface area contributed by atoms with Crippen LogP contribution in [0.2, 0.25) is 0 Å². The molecule has 2 aromatic rings. The quantitative estimate of drug-likeness (QED) is 0.724. The molecule has 0 radical (unpaired) electrons. The number of Topliss-reactive ketones (excluding diaryl/α,β-unsaturated/α-hetero) is 1. The van der Waals surface area contributed by atoms with Gasteiger partial charge < -0.3 is 14.7 Å². The number of anilines is 1. The first-order valence-electron chi connectivity index (χ1n) is 8.81. The van der Waals surface area contributed by atoms with Crippen LogP contribution < -0.4 is 5.32 Å². The molecule has 1 fully saturated rings. The Hall–Kier alpha value is -2.52. The fourth-order valence-corrected chi connectivity index (χ4v) is 3.60. The normalized spacial score (nSPS) is 14.9. The third kappa shape index (κ3) is 5.48. The number of amides is 2. The van der Waals surface area contributed by atoms with E-state index in [9.17, 15) is 14.4 Å². The minimum absolute atomic E-state index is 0.0109. The molecular formula is C18H22N4O4S. The Bertz CT molecular complexity index is 794. The van der Waals surface area contributed by atoms with Crippen LogP contribution in [0.3, 0.4) is 0 Å². The molecule has 2 aromatic heterocycles. The lowest BCUT2D eigenvalue weighted by molar-refractivity contribution is -0.133. The van der Waals surface area contributed by atoms with E-state index in [-0.39, 0.29) is 37.0 Å². The number of aromatic nitrogens is 1. The van der Waals surface area contributed by atoms with Gasteiger partial charge in [-0.2, -0.15) is 0 Å². The Morgan fingerprint density at radius 3 is 2.63 bits per heavy atom. The molecular weight excluding hydrogens is 368 g/mol. The largest absolute Gasteiger partial charge is 0.360 e. The summed E-state index contributed by atoms with van der Waals surface area (Å²) >= 11 is 1.40. The predicted octanol–water partition coefficient (Wildman–Crippen LogP) is 1.79. The van der Waals surface area contributed by atoms with Crippen LogP contribution in [0.1, 0.15) is 28.3 Å². The van der Waals surface area contributed by atoms with Crippen molar-refractivity contribution in [3.63, 3.8) is 0 Å². The summed E-state index contributed by atoms with van der Waals surface area (Å²) in [7, 11) is 0. The molecule has 0 atom stereocenters. The summed E-state index contributed by atoms with van der Waals surface area (Å²) in [4.78, 5) is 40.8. The number of hydrogen-bond donors (Lipinski definition) is 1. The van der Waals surface area contributed by atoms with Gasteiger partial charge in [0.15, 0.2) is 11.6 Å². The van der Waals surface area contributed by atoms with E-state index in [0.717, 1.165) is 0 Å². The maximum atomic E-state index is 12.3. The molecule has 3 heterocycles. The average molecular weight is 390 g/mol. The average Bonchev–Trinajstić information content (AvgIpc) is 3.32. The number of nitrogens with zero attached hydrogens (tertiary/aromatic N) is 3. The van der Waals surface area contributed by atoms with Crippen LogP contribution in [0.5, 0.6) is 0 Å². The maximum Gasteiger partial charge on any atom is 0.239 e. The van der Waals surface area contributed by atoms with E-state index < -0.39 is 0 Å². The van der Waals surface area contributed by atoms with Gasteiger partial charge in [0.25, 0.3) is 0 Å². The highest BCUT2D eigenvalue weighted by Crippen LogP contribution is 2.14. The Balaban J connectivity index is 1.37. The number of thiophene rings is 1. The molecule has 1 aliphatic heterocycles. The molecule has 0 saturated carbocycles. The molecule has 1 aliphatic rings. The van der Waals surface area contributed by atoms with Gasteiger partial charge in [-0.25, -0.2) is 0 Å². The summed E-state index contributed by atoms with van der Waals surface area (Å²) in [5.74, 6) is 0.875. The fourth-order valence-electron chi connectivity index (χ4n) is 2.91. The second kappa shape index (κ2) is 8.92. The molecule has 0 spiro atoms. The Labute approximate surface area is 161 Å². The van der Waals surface area contributed by atoms with Gasteiger partial charge in [0.1, 0.15) is 5.76 Å². The molecule has 0 aromatic carbocycles. The molecule has 0 bridgehead atoms. The molecule has 0 aliphatic carbocycles. The number of piperazine rings is 1. The second-order valence-corrected chi connectivity index (χ2v) is 7.38. The highest BCUT2D eigenvalue weighted by molar-refractivity contribution is 7.12. The lowest BCUT2D eigenvalue weighted by Crippen LogP contribution is -2.50. The summed E-state index contributed by atoms with van der Waals surface area (Å²) in [6.45, 7) is 4.36. The van der Waals surface area contributed by atoms with E-state index in [2.05, 4.69) is 10.5 Å². The summed E-state index contributed by atoms with van der Waals surface area (Å²) in [5.41, 5.74) is 0. The summed E-state index contributed by atoms with van der Waals surface area (Å²) < 4.78 is 4.91. The SMILES string of the molecule is Cc1cc(NC(=O)CN2CCN(C(=O)CCC(=O)c3cccs3)CC2)no1. The van der Waals surface area contributed by atoms with Gasteiger partial charge in [-0.3, -0.25) is 19.3 Å². The predicted molar refractivity (Wildman–Crippen MR) is 101 cm³/mol. The highest BCUT2D eigenvalue weighted by atomic mass is 32.1. The smallest absolute Gasteiger partial charge is 0.239 e. The van der Waals surface area contributed by atoms with Crippen molar-refractivity contribution in [3.05, 3.63) is 34.2 Å². The first-order chi connectivity index (χ1) is 13.0. The van der Waals surface area contributed by atoms with E-state index in [0.29, 0.717) is 42.6 Å². The van der Waals surface area contributed by atoms with Crippen molar-refractivity contribution in [3.8, 4) is 0 Å². The number of rotatable bonds is 7. The van der Waals surface area contributed by atoms with Gasteiger partial charge in [0.05, 0.1) is 11.4 Å². The Morgan fingerprint density at radius 1 is 1.22 bits per heavy atom. The van der Waals surface area contributed by atoms with Crippen molar-refractivity contribution in [1.82, 2.24) is 15.0 Å². The van der Waals surface area contributed by atoms with Crippen LogP contribution in [0.15, 0.2) is 28.1 Å². The Kier molecular flexibility index (Phi) is 6.36. The topological polar surface area (TPSA) is 95.8 Å². The number of hydrogen-bond acceptors (Lipinski definition) is 7. The molecule has 27 heavy (non-hydrogen) atoms. The van der Waals surface area contributed by atoms with E-state index in [1.54, 1.807) is 24.0 Å². The van der Waals surface area contributed by atoms with Crippen LogP contribution in [-0.2, 0) is 9.59 Å². The lowest BCUT2D eigenvalue weighted by atomic mass is 10.1. The maximum absolute atomic E-state index is 12.3. The van der Waals surface area contributed by atoms with Gasteiger partial charge in [-0.15, -0.1) is 11.3 Å². The Morgan fingerprint density at radius 2 is 2.00 bits per heavy atom. The zero-order valence-corrected chi connectivity index (χ0v) is 16.0. The van der Waals surface area contributed by atoms with Crippen LogP contribution in [0.25, 0.3) is 0 Å². The second-order valence-electron chi connectivity index (χ2n) is 6.43. The number of aryl methyl sites for hydroxylation is 1. The van der Waals surface area contributed by atoms with Crippen molar-refractivity contribution >= 4 is 34.8 Å². The third-order valence-electron chi connectivity index (χ3n) is 4.35. The van der Waals surface area contributed by atoms with Gasteiger partial charge in [0.2, 0.25) is 11.8 Å². The van der Waals surface area contributed by atoms with Crippen molar-refractivity contribution in [1.29, 1.82) is 0 Å². The first kappa shape index (κ1) is 19.2. The zero-order chi connectivity index (χ0) is 19.2. The van der Waals surface area contributed by atoms with E-state index in [4.69, 9.17) is 4.52 Å². The number of nitrogens with one attached hydrogen (secondary N) is 1. The van der Waals surface area contributed by atoms with Crippen molar-refractivity contribution in [2.45, 2.75) is 19.8 Å². The molecule has 9 heteroatoms. The number of ketones is 1. The summed E-state index contributed by atoms with van der Waals surface area (Å²) in [5, 5.41) is 8.28. The fraction of sp³-hybridized carbons (Fsp3) is 0.444. The first-order valence-corrected chi connectivity index (χ1v) is 9.69. The molecule has 1 N–H and O–H groups in total. The number of carbonyl (C=O) groups is 3. The molecule has 144 valence electrons. The third-order valence-corrected chi connectivity index (χ3v) is 5.26. The standard InChI is InChI=1S/C18H22N4O4S/c1-13-11-16(20-26-13)19-17(24)12-21-6-8-22(9-7-21)18(25)5-4-14(23)15-3-2-10-27-15/h2-3,10-11H,4-9,12H2,1H3,(H,19,20,24). The summed E-state index contributed by atoms with van der Waals surface area (Å²) in [6.07, 6.45) is 0.460. The lowest BCUT2D eigenvalue weighted by Gasteiger charge is -2.34. The van der Waals surface area contributed by atoms with Gasteiger partial charge in [-0.05, 0) is 18.4 Å². The van der Waals surface area contributed by atoms with Crippen molar-refractivity contribution in [2.24, 2.45) is 0 Å². The van der Waals surface area contributed by atoms with Crippen molar-refractivity contribution < 1.29 is 18.9 Å². The van der Waals surface area contributed by atoms with Gasteiger partial charge in [-0.1, -0.05) is 11.2 Å². The zero-order valence-electron chi connectivity index (χ0n) is 15.1. The minimum Gasteiger partial charge on any atom is -0.360 e. The van der Waals surface area contributed by atoms with Crippen LogP contribution in [0, 0.1) is 6.92 Å². The molecule has 0 unspecified atom stereocenters. The van der Waals surface area contributed by atoms with E-state index >= 15 is 0 Å². The summed E-state index contributed by atoms with van der Waals surface area (Å²) in [6, 6.07) is 5.27. The van der Waals surface area contributed by atoms with Gasteiger partial charge >= 0.3 is 0 Å². The minimum atomic E-state index is -0.162. The molecule has 1 saturated heterocycles.